The lowest BCUT2D eigenvalue weighted by molar-refractivity contribution is -0.152. The molecule has 132 valence electrons. The van der Waals surface area contributed by atoms with Crippen molar-refractivity contribution in [3.05, 3.63) is 35.9 Å². The Balaban J connectivity index is 2.41. The molecule has 0 saturated carbocycles. The van der Waals surface area contributed by atoms with E-state index in [2.05, 4.69) is 0 Å². The maximum Gasteiger partial charge on any atom is 0.362 e. The molecule has 1 aliphatic rings. The Bertz CT molecular complexity index is 627. The van der Waals surface area contributed by atoms with Gasteiger partial charge in [0.15, 0.2) is 0 Å². The zero-order chi connectivity index (χ0) is 17.7. The lowest BCUT2D eigenvalue weighted by Gasteiger charge is -2.40. The largest absolute Gasteiger partial charge is 0.362 e. The van der Waals surface area contributed by atoms with Gasteiger partial charge in [-0.25, -0.2) is 0 Å². The summed E-state index contributed by atoms with van der Waals surface area (Å²) in [7, 11) is -2.30. The van der Waals surface area contributed by atoms with E-state index in [1.54, 1.807) is 13.8 Å². The zero-order valence-electron chi connectivity index (χ0n) is 14.2. The monoisotopic (exact) mass is 354 g/mol. The quantitative estimate of drug-likeness (QED) is 0.701. The second-order valence-corrected chi connectivity index (χ2v) is 7.54. The van der Waals surface area contributed by atoms with Crippen LogP contribution in [0.1, 0.15) is 19.4 Å². The van der Waals surface area contributed by atoms with Crippen molar-refractivity contribution in [3.8, 4) is 0 Å². The van der Waals surface area contributed by atoms with Gasteiger partial charge in [-0.3, -0.25) is 14.2 Å². The number of rotatable bonds is 7. The smallest absolute Gasteiger partial charge is 0.334 e. The van der Waals surface area contributed by atoms with Gasteiger partial charge in [-0.2, -0.15) is 0 Å². The third-order valence-electron chi connectivity index (χ3n) is 3.70. The molecule has 1 aliphatic heterocycles. The highest BCUT2D eigenvalue weighted by Crippen LogP contribution is 2.55. The number of amides is 2. The third kappa shape index (κ3) is 3.86. The van der Waals surface area contributed by atoms with Crippen molar-refractivity contribution in [1.29, 1.82) is 0 Å². The molecular weight excluding hydrogens is 331 g/mol. The molecule has 1 atom stereocenters. The van der Waals surface area contributed by atoms with E-state index >= 15 is 0 Å². The normalized spacial score (nSPS) is 19.0. The Morgan fingerprint density at radius 1 is 1.12 bits per heavy atom. The van der Waals surface area contributed by atoms with Crippen molar-refractivity contribution >= 4 is 19.4 Å². The fourth-order valence-electron chi connectivity index (χ4n) is 2.64. The highest BCUT2D eigenvalue weighted by molar-refractivity contribution is 7.55. The van der Waals surface area contributed by atoms with E-state index in [1.807, 2.05) is 30.3 Å². The summed E-state index contributed by atoms with van der Waals surface area (Å²) < 4.78 is 23.9. The van der Waals surface area contributed by atoms with E-state index in [0.717, 1.165) is 5.56 Å². The summed E-state index contributed by atoms with van der Waals surface area (Å²) in [6.45, 7) is 3.71. The standard InChI is InChI=1S/C16H23N2O5P/c1-4-22-24(21,23-5-2)16-15(20)17(3)12-14(19)18(16)11-13-9-7-6-8-10-13/h6-10,16H,4-5,11-12H2,1-3H3. The molecule has 24 heavy (non-hydrogen) atoms. The van der Waals surface area contributed by atoms with E-state index in [1.165, 1.54) is 16.8 Å². The van der Waals surface area contributed by atoms with E-state index in [9.17, 15) is 14.2 Å². The van der Waals surface area contributed by atoms with Gasteiger partial charge in [0.1, 0.15) is 0 Å². The first-order chi connectivity index (χ1) is 11.4. The van der Waals surface area contributed by atoms with Crippen LogP contribution in [0.3, 0.4) is 0 Å². The van der Waals surface area contributed by atoms with E-state index in [0.29, 0.717) is 0 Å². The van der Waals surface area contributed by atoms with Crippen LogP contribution in [-0.2, 0) is 29.7 Å². The SMILES string of the molecule is CCOP(=O)(OCC)C1C(=O)N(C)CC(=O)N1Cc1ccccc1. The number of nitrogens with zero attached hydrogens (tertiary/aromatic N) is 2. The molecular formula is C16H23N2O5P. The van der Waals surface area contributed by atoms with Gasteiger partial charge in [-0.1, -0.05) is 30.3 Å². The molecule has 0 spiro atoms. The number of piperazine rings is 1. The molecule has 1 heterocycles. The van der Waals surface area contributed by atoms with Gasteiger partial charge in [0, 0.05) is 13.6 Å². The van der Waals surface area contributed by atoms with Crippen LogP contribution in [-0.4, -0.2) is 54.2 Å². The summed E-state index contributed by atoms with van der Waals surface area (Å²) in [6.07, 6.45) is 0. The molecule has 1 saturated heterocycles. The average Bonchev–Trinajstić information content (AvgIpc) is 2.54. The summed E-state index contributed by atoms with van der Waals surface area (Å²) in [5.41, 5.74) is 0.841. The molecule has 1 unspecified atom stereocenters. The zero-order valence-corrected chi connectivity index (χ0v) is 15.1. The fraction of sp³-hybridized carbons (Fsp3) is 0.500. The van der Waals surface area contributed by atoms with Crippen LogP contribution in [0.25, 0.3) is 0 Å². The summed E-state index contributed by atoms with van der Waals surface area (Å²) in [4.78, 5) is 27.8. The van der Waals surface area contributed by atoms with Crippen LogP contribution in [0.15, 0.2) is 30.3 Å². The molecule has 0 N–H and O–H groups in total. The number of hydrogen-bond donors (Lipinski definition) is 0. The maximum atomic E-state index is 13.2. The lowest BCUT2D eigenvalue weighted by Crippen LogP contribution is -2.58. The number of carbonyl (C=O) groups excluding carboxylic acids is 2. The van der Waals surface area contributed by atoms with Gasteiger partial charge < -0.3 is 18.8 Å². The molecule has 2 amide bonds. The van der Waals surface area contributed by atoms with Crippen molar-refractivity contribution in [1.82, 2.24) is 9.80 Å². The van der Waals surface area contributed by atoms with Crippen molar-refractivity contribution < 1.29 is 23.2 Å². The minimum atomic E-state index is -3.80. The van der Waals surface area contributed by atoms with Gasteiger partial charge in [-0.05, 0) is 19.4 Å². The molecule has 1 fully saturated rings. The molecule has 1 aromatic carbocycles. The molecule has 8 heteroatoms. The summed E-state index contributed by atoms with van der Waals surface area (Å²) in [6, 6.07) is 9.25. The third-order valence-corrected chi connectivity index (χ3v) is 6.03. The predicted octanol–water partition coefficient (Wildman–Crippen LogP) is 2.08. The Morgan fingerprint density at radius 3 is 2.25 bits per heavy atom. The van der Waals surface area contributed by atoms with Crippen LogP contribution in [0.2, 0.25) is 0 Å². The fourth-order valence-corrected chi connectivity index (χ4v) is 4.73. The second-order valence-electron chi connectivity index (χ2n) is 5.45. The first-order valence-corrected chi connectivity index (χ1v) is 9.51. The van der Waals surface area contributed by atoms with Crippen LogP contribution in [0.5, 0.6) is 0 Å². The Morgan fingerprint density at radius 2 is 1.71 bits per heavy atom. The molecule has 0 radical (unpaired) electrons. The van der Waals surface area contributed by atoms with Gasteiger partial charge >= 0.3 is 7.60 Å². The number of likely N-dealkylation sites (N-methyl/N-ethyl adjacent to an activating group) is 1. The molecule has 0 aliphatic carbocycles. The highest BCUT2D eigenvalue weighted by atomic mass is 31.2. The number of benzene rings is 1. The molecule has 0 aromatic heterocycles. The summed E-state index contributed by atoms with van der Waals surface area (Å²) in [5, 5.41) is 0. The molecule has 2 rings (SSSR count). The van der Waals surface area contributed by atoms with E-state index in [-0.39, 0.29) is 32.2 Å². The predicted molar refractivity (Wildman–Crippen MR) is 89.3 cm³/mol. The Kier molecular flexibility index (Phi) is 6.15. The molecule has 1 aromatic rings. The van der Waals surface area contributed by atoms with Crippen LogP contribution in [0, 0.1) is 0 Å². The second kappa shape index (κ2) is 7.92. The number of hydrogen-bond acceptors (Lipinski definition) is 5. The Hall–Kier alpha value is -1.69. The van der Waals surface area contributed by atoms with Crippen LogP contribution >= 0.6 is 7.60 Å². The summed E-state index contributed by atoms with van der Waals surface area (Å²) >= 11 is 0. The van der Waals surface area contributed by atoms with Crippen LogP contribution < -0.4 is 0 Å². The first-order valence-electron chi connectivity index (χ1n) is 7.90. The minimum absolute atomic E-state index is 0.0551. The van der Waals surface area contributed by atoms with Gasteiger partial charge in [0.2, 0.25) is 11.7 Å². The van der Waals surface area contributed by atoms with Crippen molar-refractivity contribution in [3.63, 3.8) is 0 Å². The number of carbonyl (C=O) groups is 2. The Labute approximate surface area is 142 Å². The van der Waals surface area contributed by atoms with Crippen molar-refractivity contribution in [2.24, 2.45) is 0 Å². The van der Waals surface area contributed by atoms with Gasteiger partial charge in [0.25, 0.3) is 5.91 Å². The van der Waals surface area contributed by atoms with Crippen molar-refractivity contribution in [2.75, 3.05) is 26.8 Å². The topological polar surface area (TPSA) is 76.1 Å². The van der Waals surface area contributed by atoms with Gasteiger partial charge in [-0.15, -0.1) is 0 Å². The maximum absolute atomic E-state index is 13.2. The van der Waals surface area contributed by atoms with E-state index < -0.39 is 19.3 Å². The first kappa shape index (κ1) is 18.6. The lowest BCUT2D eigenvalue weighted by atomic mass is 10.2. The average molecular weight is 354 g/mol. The summed E-state index contributed by atoms with van der Waals surface area (Å²) in [5.74, 6) is -1.98. The van der Waals surface area contributed by atoms with Gasteiger partial charge in [0.05, 0.1) is 19.8 Å². The highest BCUT2D eigenvalue weighted by Gasteiger charge is 2.51. The van der Waals surface area contributed by atoms with E-state index in [4.69, 9.17) is 9.05 Å². The van der Waals surface area contributed by atoms with Crippen molar-refractivity contribution in [2.45, 2.75) is 26.2 Å². The minimum Gasteiger partial charge on any atom is -0.334 e. The molecule has 0 bridgehead atoms. The molecule has 7 nitrogen and oxygen atoms in total. The van der Waals surface area contributed by atoms with Crippen LogP contribution in [0.4, 0.5) is 0 Å².